The van der Waals surface area contributed by atoms with Crippen molar-refractivity contribution in [2.24, 2.45) is 0 Å². The number of aryl methyl sites for hydroxylation is 2. The highest BCUT2D eigenvalue weighted by atomic mass is 35.5. The largest absolute Gasteiger partial charge is 1.00 e. The van der Waals surface area contributed by atoms with Gasteiger partial charge in [0.2, 0.25) is 0 Å². The number of pyridine rings is 1. The quantitative estimate of drug-likeness (QED) is 0.470. The fourth-order valence-electron chi connectivity index (χ4n) is 2.20. The lowest BCUT2D eigenvalue weighted by molar-refractivity contribution is -0.704. The van der Waals surface area contributed by atoms with Gasteiger partial charge in [0.1, 0.15) is 6.54 Å². The summed E-state index contributed by atoms with van der Waals surface area (Å²) >= 11 is 0. The van der Waals surface area contributed by atoms with Crippen LogP contribution in [0.3, 0.4) is 0 Å². The van der Waals surface area contributed by atoms with Crippen molar-refractivity contribution in [1.29, 1.82) is 0 Å². The van der Waals surface area contributed by atoms with Crippen LogP contribution in [0.15, 0.2) is 24.4 Å². The Morgan fingerprint density at radius 3 is 2.33 bits per heavy atom. The Morgan fingerprint density at radius 2 is 1.61 bits per heavy atom. The molecule has 0 N–H and O–H groups in total. The van der Waals surface area contributed by atoms with Crippen LogP contribution in [-0.4, -0.2) is 0 Å². The van der Waals surface area contributed by atoms with Crippen LogP contribution in [0.25, 0.3) is 0 Å². The van der Waals surface area contributed by atoms with Crippen molar-refractivity contribution in [3.05, 3.63) is 30.1 Å². The second kappa shape index (κ2) is 11.5. The van der Waals surface area contributed by atoms with Gasteiger partial charge in [-0.1, -0.05) is 45.6 Å². The smallest absolute Gasteiger partial charge is 0.181 e. The summed E-state index contributed by atoms with van der Waals surface area (Å²) in [6.45, 7) is 5.73. The van der Waals surface area contributed by atoms with E-state index in [9.17, 15) is 0 Å². The van der Waals surface area contributed by atoms with Crippen molar-refractivity contribution in [1.82, 2.24) is 0 Å². The minimum absolute atomic E-state index is 0. The number of rotatable bonds is 9. The first-order valence-electron chi connectivity index (χ1n) is 7.35. The van der Waals surface area contributed by atoms with Crippen LogP contribution in [0.4, 0.5) is 0 Å². The molecule has 0 aliphatic heterocycles. The maximum atomic E-state index is 2.45. The van der Waals surface area contributed by atoms with Gasteiger partial charge >= 0.3 is 0 Å². The van der Waals surface area contributed by atoms with Crippen molar-refractivity contribution < 1.29 is 17.0 Å². The Labute approximate surface area is 119 Å². The van der Waals surface area contributed by atoms with E-state index in [1.54, 1.807) is 0 Å². The highest BCUT2D eigenvalue weighted by Gasteiger charge is 2.07. The van der Waals surface area contributed by atoms with Crippen LogP contribution >= 0.6 is 0 Å². The van der Waals surface area contributed by atoms with Gasteiger partial charge in [0, 0.05) is 25.0 Å². The third-order valence-electron chi connectivity index (χ3n) is 3.32. The molecule has 0 fully saturated rings. The molecule has 0 unspecified atom stereocenters. The van der Waals surface area contributed by atoms with E-state index in [1.165, 1.54) is 63.6 Å². The monoisotopic (exact) mass is 269 g/mol. The summed E-state index contributed by atoms with van der Waals surface area (Å²) in [5.74, 6) is 0. The molecular weight excluding hydrogens is 242 g/mol. The fraction of sp³-hybridized carbons (Fsp3) is 0.688. The number of aromatic nitrogens is 1. The lowest BCUT2D eigenvalue weighted by atomic mass is 10.1. The molecule has 104 valence electrons. The lowest BCUT2D eigenvalue weighted by Crippen LogP contribution is -3.00. The summed E-state index contributed by atoms with van der Waals surface area (Å²) in [7, 11) is 0. The van der Waals surface area contributed by atoms with Gasteiger partial charge in [0.15, 0.2) is 11.9 Å². The van der Waals surface area contributed by atoms with Gasteiger partial charge in [0.25, 0.3) is 0 Å². The molecule has 0 atom stereocenters. The first-order chi connectivity index (χ1) is 8.38. The van der Waals surface area contributed by atoms with E-state index in [0.29, 0.717) is 0 Å². The van der Waals surface area contributed by atoms with Gasteiger partial charge in [-0.3, -0.25) is 0 Å². The van der Waals surface area contributed by atoms with Crippen LogP contribution in [0.2, 0.25) is 0 Å². The summed E-state index contributed by atoms with van der Waals surface area (Å²) in [4.78, 5) is 0. The average molecular weight is 270 g/mol. The molecule has 0 bridgehead atoms. The highest BCUT2D eigenvalue weighted by Crippen LogP contribution is 2.04. The zero-order valence-corrected chi connectivity index (χ0v) is 12.8. The van der Waals surface area contributed by atoms with E-state index in [2.05, 4.69) is 42.8 Å². The number of hydrogen-bond acceptors (Lipinski definition) is 0. The Bertz CT molecular complexity index is 299. The molecule has 18 heavy (non-hydrogen) atoms. The predicted octanol–water partition coefficient (Wildman–Crippen LogP) is 1.29. The molecule has 0 radical (unpaired) electrons. The normalized spacial score (nSPS) is 10.1. The minimum Gasteiger partial charge on any atom is -1.00 e. The van der Waals surface area contributed by atoms with Crippen molar-refractivity contribution in [2.45, 2.75) is 71.8 Å². The number of nitrogens with zero attached hydrogens (tertiary/aromatic N) is 1. The third kappa shape index (κ3) is 7.00. The maximum Gasteiger partial charge on any atom is 0.181 e. The SMILES string of the molecule is CCCCCCC[n+]1ccccc1CCCC.[Cl-]. The molecule has 0 aliphatic rings. The number of halogens is 1. The molecule has 1 rings (SSSR count). The van der Waals surface area contributed by atoms with Gasteiger partial charge < -0.3 is 12.4 Å². The Morgan fingerprint density at radius 1 is 0.889 bits per heavy atom. The molecule has 1 nitrogen and oxygen atoms in total. The molecule has 0 amide bonds. The van der Waals surface area contributed by atoms with E-state index >= 15 is 0 Å². The van der Waals surface area contributed by atoms with Gasteiger partial charge in [-0.25, -0.2) is 4.57 Å². The van der Waals surface area contributed by atoms with E-state index in [4.69, 9.17) is 0 Å². The van der Waals surface area contributed by atoms with E-state index in [1.807, 2.05) is 0 Å². The van der Waals surface area contributed by atoms with Crippen LogP contribution < -0.4 is 17.0 Å². The molecule has 0 aromatic carbocycles. The number of hydrogen-bond donors (Lipinski definition) is 0. The second-order valence-electron chi connectivity index (χ2n) is 4.90. The van der Waals surface area contributed by atoms with Crippen LogP contribution in [0, 0.1) is 0 Å². The van der Waals surface area contributed by atoms with Crippen LogP contribution in [0.5, 0.6) is 0 Å². The van der Waals surface area contributed by atoms with Crippen molar-refractivity contribution >= 4 is 0 Å². The Kier molecular flexibility index (Phi) is 11.2. The number of unbranched alkanes of at least 4 members (excludes halogenated alkanes) is 5. The third-order valence-corrected chi connectivity index (χ3v) is 3.32. The second-order valence-corrected chi connectivity index (χ2v) is 4.90. The topological polar surface area (TPSA) is 3.88 Å². The summed E-state index contributed by atoms with van der Waals surface area (Å²) in [6, 6.07) is 6.60. The molecule has 1 aromatic rings. The van der Waals surface area contributed by atoms with Gasteiger partial charge in [-0.2, -0.15) is 0 Å². The average Bonchev–Trinajstić information content (AvgIpc) is 2.37. The van der Waals surface area contributed by atoms with E-state index < -0.39 is 0 Å². The molecule has 1 heterocycles. The van der Waals surface area contributed by atoms with E-state index in [0.717, 1.165) is 0 Å². The summed E-state index contributed by atoms with van der Waals surface area (Å²) in [5, 5.41) is 0. The molecular formula is C16H28ClN. The standard InChI is InChI=1S/C16H28N.ClH/c1-3-5-7-8-10-14-17-15-11-9-13-16(17)12-6-4-2;/h9,11,13,15H,3-8,10,12,14H2,1-2H3;1H/q+1;/p-1. The van der Waals surface area contributed by atoms with E-state index in [-0.39, 0.29) is 12.4 Å². The van der Waals surface area contributed by atoms with Crippen LogP contribution in [-0.2, 0) is 13.0 Å². The first kappa shape index (κ1) is 17.4. The maximum absolute atomic E-state index is 2.45. The summed E-state index contributed by atoms with van der Waals surface area (Å²) in [5.41, 5.74) is 1.50. The van der Waals surface area contributed by atoms with Crippen LogP contribution in [0.1, 0.15) is 64.5 Å². The molecule has 0 saturated carbocycles. The highest BCUT2D eigenvalue weighted by molar-refractivity contribution is 4.97. The Hall–Kier alpha value is -0.560. The molecule has 0 aliphatic carbocycles. The van der Waals surface area contributed by atoms with Gasteiger partial charge in [-0.05, 0) is 12.8 Å². The predicted molar refractivity (Wildman–Crippen MR) is 74.0 cm³/mol. The molecule has 1 aromatic heterocycles. The first-order valence-corrected chi connectivity index (χ1v) is 7.35. The fourth-order valence-corrected chi connectivity index (χ4v) is 2.20. The van der Waals surface area contributed by atoms with Crippen molar-refractivity contribution in [3.63, 3.8) is 0 Å². The Balaban J connectivity index is 0.00000289. The molecule has 2 heteroatoms. The van der Waals surface area contributed by atoms with Crippen molar-refractivity contribution in [2.75, 3.05) is 0 Å². The molecule has 0 saturated heterocycles. The van der Waals surface area contributed by atoms with Gasteiger partial charge in [0.05, 0.1) is 0 Å². The molecule has 0 spiro atoms. The van der Waals surface area contributed by atoms with Gasteiger partial charge in [-0.15, -0.1) is 0 Å². The zero-order valence-electron chi connectivity index (χ0n) is 12.0. The summed E-state index contributed by atoms with van der Waals surface area (Å²) < 4.78 is 2.45. The van der Waals surface area contributed by atoms with Crippen molar-refractivity contribution in [3.8, 4) is 0 Å². The lowest BCUT2D eigenvalue weighted by Gasteiger charge is -2.03. The summed E-state index contributed by atoms with van der Waals surface area (Å²) in [6.07, 6.45) is 12.9. The minimum atomic E-state index is 0. The zero-order chi connectivity index (χ0) is 12.3.